The van der Waals surface area contributed by atoms with Gasteiger partial charge >= 0.3 is 6.61 Å². The van der Waals surface area contributed by atoms with E-state index in [4.69, 9.17) is 11.6 Å². The molecule has 0 bridgehead atoms. The van der Waals surface area contributed by atoms with Gasteiger partial charge in [0.15, 0.2) is 16.5 Å². The highest BCUT2D eigenvalue weighted by Gasteiger charge is 2.38. The summed E-state index contributed by atoms with van der Waals surface area (Å²) in [6.45, 7) is 0.511. The zero-order valence-corrected chi connectivity index (χ0v) is 18.4. The number of fused-ring (bicyclic) bond motifs is 1. The molecule has 32 heavy (non-hydrogen) atoms. The van der Waals surface area contributed by atoms with E-state index in [1.807, 2.05) is 13.0 Å². The quantitative estimate of drug-likeness (QED) is 0.489. The lowest BCUT2D eigenvalue weighted by atomic mass is 9.78. The van der Waals surface area contributed by atoms with Crippen LogP contribution in [0.4, 0.5) is 14.7 Å². The molecule has 170 valence electrons. The van der Waals surface area contributed by atoms with Gasteiger partial charge in [0.2, 0.25) is 11.9 Å². The van der Waals surface area contributed by atoms with Crippen LogP contribution in [-0.2, 0) is 15.9 Å². The third-order valence-corrected chi connectivity index (χ3v) is 6.16. The number of carbonyl (C=O) groups is 1. The zero-order chi connectivity index (χ0) is 23.1. The van der Waals surface area contributed by atoms with Gasteiger partial charge in [-0.3, -0.25) is 14.7 Å². The maximum Gasteiger partial charge on any atom is 0.387 e. The highest BCUT2D eigenvalue weighted by atomic mass is 35.5. The summed E-state index contributed by atoms with van der Waals surface area (Å²) in [4.78, 5) is 21.5. The van der Waals surface area contributed by atoms with Gasteiger partial charge in [0.25, 0.3) is 0 Å². The Kier molecular flexibility index (Phi) is 5.81. The molecule has 7 nitrogen and oxygen atoms in total. The van der Waals surface area contributed by atoms with Gasteiger partial charge in [0.05, 0.1) is 12.0 Å². The third-order valence-electron chi connectivity index (χ3n) is 5.89. The van der Waals surface area contributed by atoms with E-state index in [1.54, 1.807) is 35.8 Å². The van der Waals surface area contributed by atoms with E-state index in [-0.39, 0.29) is 34.3 Å². The summed E-state index contributed by atoms with van der Waals surface area (Å²) in [5.74, 6) is -0.523. The van der Waals surface area contributed by atoms with E-state index in [1.165, 1.54) is 6.07 Å². The van der Waals surface area contributed by atoms with E-state index in [0.717, 1.165) is 19.3 Å². The predicted molar refractivity (Wildman–Crippen MR) is 116 cm³/mol. The number of carbonyl (C=O) groups excluding carboxylic acids is 1. The molecule has 1 amide bonds. The van der Waals surface area contributed by atoms with Crippen LogP contribution in [0.15, 0.2) is 36.4 Å². The van der Waals surface area contributed by atoms with Gasteiger partial charge in [0, 0.05) is 11.6 Å². The topological polar surface area (TPSA) is 89.3 Å². The molecule has 1 aromatic carbocycles. The molecule has 2 heterocycles. The number of nitrogens with zero attached hydrogens (tertiary/aromatic N) is 3. The van der Waals surface area contributed by atoms with Gasteiger partial charge in [-0.15, -0.1) is 0 Å². The maximum absolute atomic E-state index is 12.8. The molecule has 0 spiro atoms. The molecule has 2 aromatic heterocycles. The Morgan fingerprint density at radius 1 is 1.34 bits per heavy atom. The standard InChI is InChI=1S/C22H23ClF2N4O3/c1-21(9-6-10-21)29-18-14(11-15(17(23)28-18)32-19(24)25)26-20(29)27-16(30)12-22(2,31)13-7-4-3-5-8-13/h3-5,7-8,11,19,31H,6,9-10,12H2,1-2H3,(H,26,27,30)/t22-/m1/s1. The number of rotatable bonds is 7. The first kappa shape index (κ1) is 22.4. The predicted octanol–water partition coefficient (Wildman–Crippen LogP) is 4.82. The van der Waals surface area contributed by atoms with Crippen molar-refractivity contribution in [2.75, 3.05) is 5.32 Å². The molecule has 1 aliphatic rings. The summed E-state index contributed by atoms with van der Waals surface area (Å²) < 4.78 is 31.6. The SMILES string of the molecule is CC1(n2c(NC(=O)C[C@@](C)(O)c3ccccc3)nc3cc(OC(F)F)c(Cl)nc32)CCC1. The van der Waals surface area contributed by atoms with Crippen molar-refractivity contribution in [1.29, 1.82) is 0 Å². The molecular weight excluding hydrogens is 442 g/mol. The molecule has 0 unspecified atom stereocenters. The van der Waals surface area contributed by atoms with E-state index < -0.39 is 18.1 Å². The zero-order valence-electron chi connectivity index (χ0n) is 17.6. The Labute approximate surface area is 188 Å². The molecule has 10 heteroatoms. The van der Waals surface area contributed by atoms with Gasteiger partial charge in [-0.1, -0.05) is 41.9 Å². The summed E-state index contributed by atoms with van der Waals surface area (Å²) in [7, 11) is 0. The molecule has 1 saturated carbocycles. The van der Waals surface area contributed by atoms with Crippen LogP contribution in [0.5, 0.6) is 5.75 Å². The van der Waals surface area contributed by atoms with Crippen molar-refractivity contribution >= 4 is 34.6 Å². The van der Waals surface area contributed by atoms with Crippen molar-refractivity contribution in [3.63, 3.8) is 0 Å². The van der Waals surface area contributed by atoms with Gasteiger partial charge in [-0.05, 0) is 38.7 Å². The van der Waals surface area contributed by atoms with Crippen molar-refractivity contribution < 1.29 is 23.4 Å². The second kappa shape index (κ2) is 8.29. The van der Waals surface area contributed by atoms with E-state index in [2.05, 4.69) is 20.0 Å². The van der Waals surface area contributed by atoms with Crippen molar-refractivity contribution in [3.05, 3.63) is 47.1 Å². The van der Waals surface area contributed by atoms with Crippen LogP contribution in [-0.4, -0.2) is 32.2 Å². The summed E-state index contributed by atoms with van der Waals surface area (Å²) in [6, 6.07) is 10.2. The van der Waals surface area contributed by atoms with E-state index >= 15 is 0 Å². The molecule has 0 aliphatic heterocycles. The summed E-state index contributed by atoms with van der Waals surface area (Å²) in [5, 5.41) is 13.4. The Morgan fingerprint density at radius 2 is 2.03 bits per heavy atom. The summed E-state index contributed by atoms with van der Waals surface area (Å²) in [5.41, 5.74) is -0.507. The van der Waals surface area contributed by atoms with Crippen LogP contribution >= 0.6 is 11.6 Å². The number of hydrogen-bond donors (Lipinski definition) is 2. The molecule has 1 aliphatic carbocycles. The number of anilines is 1. The number of aliphatic hydroxyl groups is 1. The smallest absolute Gasteiger partial charge is 0.387 e. The molecule has 0 radical (unpaired) electrons. The van der Waals surface area contributed by atoms with Crippen LogP contribution in [0.1, 0.15) is 45.1 Å². The monoisotopic (exact) mass is 464 g/mol. The molecule has 3 aromatic rings. The molecule has 4 rings (SSSR count). The largest absolute Gasteiger partial charge is 0.431 e. The first-order chi connectivity index (χ1) is 15.1. The van der Waals surface area contributed by atoms with Gasteiger partial charge in [0.1, 0.15) is 5.52 Å². The van der Waals surface area contributed by atoms with Crippen LogP contribution in [0.3, 0.4) is 0 Å². The minimum Gasteiger partial charge on any atom is -0.431 e. The second-order valence-corrected chi connectivity index (χ2v) is 8.84. The average Bonchev–Trinajstić information content (AvgIpc) is 3.03. The first-order valence-corrected chi connectivity index (χ1v) is 10.6. The Bertz CT molecular complexity index is 1150. The number of benzene rings is 1. The molecular formula is C22H23ClF2N4O3. The molecule has 0 saturated heterocycles. The van der Waals surface area contributed by atoms with E-state index in [0.29, 0.717) is 11.2 Å². The fraction of sp³-hybridized carbons (Fsp3) is 0.409. The minimum atomic E-state index is -3.06. The third kappa shape index (κ3) is 4.27. The normalized spacial score (nSPS) is 17.1. The first-order valence-electron chi connectivity index (χ1n) is 10.2. The fourth-order valence-electron chi connectivity index (χ4n) is 4.03. The van der Waals surface area contributed by atoms with Gasteiger partial charge < -0.3 is 9.84 Å². The van der Waals surface area contributed by atoms with Crippen molar-refractivity contribution in [1.82, 2.24) is 14.5 Å². The number of halogens is 3. The number of amides is 1. The maximum atomic E-state index is 12.8. The van der Waals surface area contributed by atoms with Crippen LogP contribution in [0, 0.1) is 0 Å². The number of imidazole rings is 1. The highest BCUT2D eigenvalue weighted by molar-refractivity contribution is 6.31. The van der Waals surface area contributed by atoms with Crippen LogP contribution in [0.25, 0.3) is 11.2 Å². The van der Waals surface area contributed by atoms with Crippen LogP contribution < -0.4 is 10.1 Å². The van der Waals surface area contributed by atoms with Crippen molar-refractivity contribution in [2.45, 2.75) is 57.3 Å². The number of hydrogen-bond acceptors (Lipinski definition) is 5. The molecule has 1 fully saturated rings. The summed E-state index contributed by atoms with van der Waals surface area (Å²) >= 11 is 6.07. The lowest BCUT2D eigenvalue weighted by Crippen LogP contribution is -2.39. The minimum absolute atomic E-state index is 0.204. The Hall–Kier alpha value is -2.78. The second-order valence-electron chi connectivity index (χ2n) is 8.48. The molecule has 2 N–H and O–H groups in total. The average molecular weight is 465 g/mol. The molecule has 1 atom stereocenters. The fourth-order valence-corrected chi connectivity index (χ4v) is 4.21. The number of ether oxygens (including phenoxy) is 1. The highest BCUT2D eigenvalue weighted by Crippen LogP contribution is 2.43. The Balaban J connectivity index is 1.68. The number of aromatic nitrogens is 3. The van der Waals surface area contributed by atoms with Gasteiger partial charge in [-0.2, -0.15) is 8.78 Å². The number of nitrogens with one attached hydrogen (secondary N) is 1. The lowest BCUT2D eigenvalue weighted by Gasteiger charge is -2.40. The lowest BCUT2D eigenvalue weighted by molar-refractivity contribution is -0.120. The summed E-state index contributed by atoms with van der Waals surface area (Å²) in [6.07, 6.45) is 2.45. The van der Waals surface area contributed by atoms with E-state index in [9.17, 15) is 18.7 Å². The van der Waals surface area contributed by atoms with Gasteiger partial charge in [-0.25, -0.2) is 9.97 Å². The van der Waals surface area contributed by atoms with Crippen molar-refractivity contribution in [2.24, 2.45) is 0 Å². The van der Waals surface area contributed by atoms with Crippen LogP contribution in [0.2, 0.25) is 5.15 Å². The number of alkyl halides is 2. The van der Waals surface area contributed by atoms with Crippen molar-refractivity contribution in [3.8, 4) is 5.75 Å². The Morgan fingerprint density at radius 3 is 2.62 bits per heavy atom. The number of pyridine rings is 1.